The van der Waals surface area contributed by atoms with Crippen molar-refractivity contribution in [3.05, 3.63) is 41.3 Å². The van der Waals surface area contributed by atoms with Gasteiger partial charge in [0.15, 0.2) is 5.16 Å². The first-order chi connectivity index (χ1) is 14.8. The number of hydrogen-bond donors (Lipinski definition) is 0. The molecule has 1 aliphatic carbocycles. The maximum atomic E-state index is 5.66. The topological polar surface area (TPSA) is 69.2 Å². The number of benzene rings is 1. The Hall–Kier alpha value is -2.48. The molecule has 0 spiro atoms. The van der Waals surface area contributed by atoms with Crippen LogP contribution in [0.2, 0.25) is 0 Å². The van der Waals surface area contributed by atoms with Gasteiger partial charge >= 0.3 is 0 Å². The smallest absolute Gasteiger partial charge is 0.232 e. The minimum absolute atomic E-state index is 0.728. The van der Waals surface area contributed by atoms with Crippen molar-refractivity contribution in [2.45, 2.75) is 55.9 Å². The average molecular weight is 426 g/mol. The minimum Gasteiger partial charge on any atom is -0.495 e. The van der Waals surface area contributed by atoms with Gasteiger partial charge in [-0.1, -0.05) is 29.1 Å². The van der Waals surface area contributed by atoms with Gasteiger partial charge in [-0.25, -0.2) is 0 Å². The highest BCUT2D eigenvalue weighted by atomic mass is 32.2. The molecular formula is C22H27N5O2S. The molecule has 0 atom stereocenters. The number of methoxy groups -OCH3 is 1. The molecule has 5 rings (SSSR count). The number of rotatable bonds is 6. The van der Waals surface area contributed by atoms with Crippen molar-refractivity contribution >= 4 is 17.7 Å². The molecule has 2 aliphatic rings. The van der Waals surface area contributed by atoms with Gasteiger partial charge in [-0.15, -0.1) is 10.2 Å². The third kappa shape index (κ3) is 3.69. The molecule has 1 aromatic carbocycles. The number of thioether (sulfide) groups is 1. The van der Waals surface area contributed by atoms with Gasteiger partial charge in [0.1, 0.15) is 11.5 Å². The van der Waals surface area contributed by atoms with E-state index in [1.165, 1.54) is 37.7 Å². The van der Waals surface area contributed by atoms with Crippen LogP contribution in [0.5, 0.6) is 5.75 Å². The molecule has 2 aromatic heterocycles. The number of piperidine rings is 1. The molecule has 3 heterocycles. The molecule has 8 heteroatoms. The summed E-state index contributed by atoms with van der Waals surface area (Å²) in [5.41, 5.74) is 3.31. The van der Waals surface area contributed by atoms with E-state index in [0.29, 0.717) is 0 Å². The second-order valence-electron chi connectivity index (χ2n) is 7.86. The molecule has 30 heavy (non-hydrogen) atoms. The van der Waals surface area contributed by atoms with Gasteiger partial charge in [0.05, 0.1) is 18.5 Å². The highest BCUT2D eigenvalue weighted by molar-refractivity contribution is 7.98. The lowest BCUT2D eigenvalue weighted by Gasteiger charge is -2.28. The maximum Gasteiger partial charge on any atom is 0.232 e. The minimum atomic E-state index is 0.728. The molecule has 1 saturated heterocycles. The van der Waals surface area contributed by atoms with Crippen LogP contribution in [0.15, 0.2) is 33.9 Å². The van der Waals surface area contributed by atoms with E-state index in [1.807, 2.05) is 18.2 Å². The van der Waals surface area contributed by atoms with Gasteiger partial charge < -0.3 is 14.2 Å². The molecule has 158 valence electrons. The average Bonchev–Trinajstić information content (AvgIpc) is 3.42. The summed E-state index contributed by atoms with van der Waals surface area (Å²) in [5.74, 6) is 3.50. The molecular weight excluding hydrogens is 398 g/mol. The van der Waals surface area contributed by atoms with Gasteiger partial charge in [0.25, 0.3) is 0 Å². The molecule has 0 unspecified atom stereocenters. The van der Waals surface area contributed by atoms with Crippen molar-refractivity contribution in [1.82, 2.24) is 19.9 Å². The van der Waals surface area contributed by atoms with E-state index in [1.54, 1.807) is 18.9 Å². The lowest BCUT2D eigenvalue weighted by molar-refractivity contribution is 0.369. The first-order valence-electron chi connectivity index (χ1n) is 10.8. The van der Waals surface area contributed by atoms with Gasteiger partial charge in [-0.2, -0.15) is 0 Å². The van der Waals surface area contributed by atoms with Crippen molar-refractivity contribution < 1.29 is 9.26 Å². The fourth-order valence-electron chi connectivity index (χ4n) is 4.38. The third-order valence-corrected chi connectivity index (χ3v) is 6.89. The summed E-state index contributed by atoms with van der Waals surface area (Å²) in [7, 11) is 1.71. The second-order valence-corrected chi connectivity index (χ2v) is 8.81. The Balaban J connectivity index is 1.48. The van der Waals surface area contributed by atoms with Crippen LogP contribution in [-0.4, -0.2) is 40.1 Å². The van der Waals surface area contributed by atoms with E-state index < -0.39 is 0 Å². The number of nitrogens with zero attached hydrogens (tertiary/aromatic N) is 5. The van der Waals surface area contributed by atoms with Crippen molar-refractivity contribution in [1.29, 1.82) is 0 Å². The summed E-state index contributed by atoms with van der Waals surface area (Å²) >= 11 is 1.66. The lowest BCUT2D eigenvalue weighted by atomic mass is 9.97. The predicted octanol–water partition coefficient (Wildman–Crippen LogP) is 4.43. The van der Waals surface area contributed by atoms with Crippen molar-refractivity contribution in [3.63, 3.8) is 0 Å². The third-order valence-electron chi connectivity index (χ3n) is 5.95. The lowest BCUT2D eigenvalue weighted by Crippen LogP contribution is -2.31. The molecule has 3 aromatic rings. The van der Waals surface area contributed by atoms with Gasteiger partial charge in [0, 0.05) is 30.8 Å². The monoisotopic (exact) mass is 425 g/mol. The van der Waals surface area contributed by atoms with Crippen LogP contribution in [0, 0.1) is 0 Å². The molecule has 1 fully saturated rings. The van der Waals surface area contributed by atoms with Crippen LogP contribution in [0.1, 0.15) is 49.1 Å². The van der Waals surface area contributed by atoms with Gasteiger partial charge in [-0.3, -0.25) is 4.57 Å². The first-order valence-corrected chi connectivity index (χ1v) is 11.8. The summed E-state index contributed by atoms with van der Waals surface area (Å²) in [4.78, 5) is 2.34. The summed E-state index contributed by atoms with van der Waals surface area (Å²) in [6.07, 6.45) is 8.12. The standard InChI is InChI=1S/C22H27N5O2S/c1-28-20-12-6-4-10-18(20)27-21(26-13-7-2-8-14-26)23-24-22(27)30-15-17-16-9-3-5-11-19(16)29-25-17/h4,6,10,12H,2-3,5,7-9,11,13-15H2,1H3. The molecule has 0 radical (unpaired) electrons. The zero-order chi connectivity index (χ0) is 20.3. The van der Waals surface area contributed by atoms with E-state index in [2.05, 4.69) is 30.9 Å². The van der Waals surface area contributed by atoms with Gasteiger partial charge in [0.2, 0.25) is 5.95 Å². The summed E-state index contributed by atoms with van der Waals surface area (Å²) in [6.45, 7) is 2.02. The molecule has 0 bridgehead atoms. The number of fused-ring (bicyclic) bond motifs is 1. The van der Waals surface area contributed by atoms with Crippen LogP contribution in [0.25, 0.3) is 5.69 Å². The molecule has 7 nitrogen and oxygen atoms in total. The van der Waals surface area contributed by atoms with Crippen LogP contribution in [0.4, 0.5) is 5.95 Å². The van der Waals surface area contributed by atoms with E-state index in [4.69, 9.17) is 9.26 Å². The summed E-state index contributed by atoms with van der Waals surface area (Å²) < 4.78 is 13.4. The van der Waals surface area contributed by atoms with E-state index >= 15 is 0 Å². The van der Waals surface area contributed by atoms with Crippen LogP contribution in [-0.2, 0) is 18.6 Å². The zero-order valence-electron chi connectivity index (χ0n) is 17.3. The Morgan fingerprint density at radius 3 is 2.73 bits per heavy atom. The number of anilines is 1. The SMILES string of the molecule is COc1ccccc1-n1c(SCc2noc3c2CCCC3)nnc1N1CCCCC1. The van der Waals surface area contributed by atoms with Crippen molar-refractivity contribution in [3.8, 4) is 11.4 Å². The Morgan fingerprint density at radius 2 is 1.87 bits per heavy atom. The molecule has 0 amide bonds. The number of hydrogen-bond acceptors (Lipinski definition) is 7. The maximum absolute atomic E-state index is 5.66. The number of ether oxygens (including phenoxy) is 1. The summed E-state index contributed by atoms with van der Waals surface area (Å²) in [6, 6.07) is 8.07. The molecule has 0 saturated carbocycles. The van der Waals surface area contributed by atoms with Gasteiger partial charge in [-0.05, 0) is 50.7 Å². The van der Waals surface area contributed by atoms with Crippen LogP contribution >= 0.6 is 11.8 Å². The van der Waals surface area contributed by atoms with Crippen molar-refractivity contribution in [2.24, 2.45) is 0 Å². The van der Waals surface area contributed by atoms with Crippen LogP contribution in [0.3, 0.4) is 0 Å². The first kappa shape index (κ1) is 19.5. The van der Waals surface area contributed by atoms with E-state index in [-0.39, 0.29) is 0 Å². The number of para-hydroxylation sites is 2. The zero-order valence-corrected chi connectivity index (χ0v) is 18.2. The Morgan fingerprint density at radius 1 is 1.03 bits per heavy atom. The molecule has 1 aliphatic heterocycles. The van der Waals surface area contributed by atoms with Crippen LogP contribution < -0.4 is 9.64 Å². The Bertz CT molecular complexity index is 1010. The van der Waals surface area contributed by atoms with E-state index in [9.17, 15) is 0 Å². The molecule has 0 N–H and O–H groups in total. The second kappa shape index (κ2) is 8.71. The normalized spacial score (nSPS) is 16.5. The summed E-state index contributed by atoms with van der Waals surface area (Å²) in [5, 5.41) is 14.4. The fraction of sp³-hybridized carbons (Fsp3) is 0.500. The number of aromatic nitrogens is 4. The Kier molecular flexibility index (Phi) is 5.66. The predicted molar refractivity (Wildman–Crippen MR) is 117 cm³/mol. The van der Waals surface area contributed by atoms with E-state index in [0.717, 1.165) is 65.7 Å². The highest BCUT2D eigenvalue weighted by Gasteiger charge is 2.25. The quantitative estimate of drug-likeness (QED) is 0.541. The Labute approximate surface area is 180 Å². The van der Waals surface area contributed by atoms with Crippen molar-refractivity contribution in [2.75, 3.05) is 25.1 Å². The highest BCUT2D eigenvalue weighted by Crippen LogP contribution is 2.35. The largest absolute Gasteiger partial charge is 0.495 e. The fourth-order valence-corrected chi connectivity index (χ4v) is 5.28. The number of aryl methyl sites for hydroxylation is 1.